The van der Waals surface area contributed by atoms with Gasteiger partial charge in [-0.25, -0.2) is 13.7 Å². The predicted molar refractivity (Wildman–Crippen MR) is 363 cm³/mol. The van der Waals surface area contributed by atoms with Gasteiger partial charge in [-0.15, -0.1) is 0 Å². The molecule has 3 spiro atoms. The van der Waals surface area contributed by atoms with E-state index in [1.807, 2.05) is 0 Å². The van der Waals surface area contributed by atoms with Crippen LogP contribution < -0.4 is 13.7 Å². The molecule has 3 aromatic heterocycles. The summed E-state index contributed by atoms with van der Waals surface area (Å²) in [6.07, 6.45) is 36.2. The second-order valence-corrected chi connectivity index (χ2v) is 28.7. The molecule has 87 heavy (non-hydrogen) atoms. The van der Waals surface area contributed by atoms with Gasteiger partial charge in [-0.1, -0.05) is 161 Å². The van der Waals surface area contributed by atoms with E-state index >= 15 is 0 Å². The molecule has 3 heterocycles. The van der Waals surface area contributed by atoms with E-state index < -0.39 is 0 Å². The van der Waals surface area contributed by atoms with Crippen molar-refractivity contribution >= 4 is 0 Å². The summed E-state index contributed by atoms with van der Waals surface area (Å²) in [7, 11) is 6.52. The number of nitrogens with zero attached hydrogens (tertiary/aromatic N) is 3. The van der Waals surface area contributed by atoms with Crippen molar-refractivity contribution in [3.8, 4) is 67.2 Å². The van der Waals surface area contributed by atoms with Crippen molar-refractivity contribution in [3.63, 3.8) is 0 Å². The topological polar surface area (TPSA) is 11.6 Å². The van der Waals surface area contributed by atoms with E-state index in [2.05, 4.69) is 241 Å². The number of pyridine rings is 3. The van der Waals surface area contributed by atoms with Crippen LogP contribution in [0.25, 0.3) is 67.2 Å². The molecule has 0 unspecified atom stereocenters. The monoisotopic (exact) mass is 1150 g/mol. The SMILES string of the molecule is Cc1cc(-c2ccccc2C)[n+](C)cc1-c1ccc2c(c1)CC1(CCCC1)C2.Cc1cc(-c2ccccc2C)[n+](C)cc1-c1ccc2c(c1)CC1(CCCCC1)C2.Cc1cc(-c2ccccc2C)[n+](C)cc1-c1ccc2c(c1)CCC1(CCCCC1)C2. The number of aryl methyl sites for hydroxylation is 10. The highest BCUT2D eigenvalue weighted by Crippen LogP contribution is 2.51. The van der Waals surface area contributed by atoms with Crippen LogP contribution in [0.5, 0.6) is 0 Å². The first-order chi connectivity index (χ1) is 42.1. The zero-order valence-electron chi connectivity index (χ0n) is 54.3. The van der Waals surface area contributed by atoms with Crippen LogP contribution in [0.15, 0.2) is 164 Å². The van der Waals surface area contributed by atoms with Crippen LogP contribution in [0.3, 0.4) is 0 Å². The number of fused-ring (bicyclic) bond motifs is 3. The van der Waals surface area contributed by atoms with E-state index in [9.17, 15) is 0 Å². The molecule has 3 saturated carbocycles. The standard InChI is InChI=1S/C29H34N.C28H32N.C27H30N/c1-21-9-5-6-10-26(21)28-17-22(2)27(20-30(28)3)24-11-12-25-19-29(14-7-4-8-15-29)16-13-23(25)18-24;1-20-9-5-6-10-25(20)27-15-21(2)26(19-29(27)3)22-11-12-23-17-28(18-24(23)16-22)13-7-4-8-14-28;1-19-8-4-5-9-24(19)26-14-20(2)25(18-28(26)3)21-10-11-22-16-27(12-6-7-13-27)17-23(22)15-21/h5-6,9-12,17-18,20H,4,7-8,13-16,19H2,1-3H3;5-6,9-12,15-16,19H,4,7-8,13-14,17-18H2,1-3H3;4-5,8-11,14-15,18H,6-7,12-13,16-17H2,1-3H3/q3*+1. The van der Waals surface area contributed by atoms with Crippen molar-refractivity contribution in [2.75, 3.05) is 0 Å². The van der Waals surface area contributed by atoms with Crippen LogP contribution in [-0.4, -0.2) is 0 Å². The molecule has 0 aliphatic heterocycles. The van der Waals surface area contributed by atoms with Crippen LogP contribution in [0, 0.1) is 57.8 Å². The number of hydrogen-bond acceptors (Lipinski definition) is 0. The molecular formula is C84H96N3+3. The van der Waals surface area contributed by atoms with E-state index in [-0.39, 0.29) is 0 Å². The highest BCUT2D eigenvalue weighted by atomic mass is 14.9. The average molecular weight is 1150 g/mol. The van der Waals surface area contributed by atoms with E-state index in [4.69, 9.17) is 0 Å². The molecule has 15 rings (SSSR count). The fourth-order valence-corrected chi connectivity index (χ4v) is 17.5. The Morgan fingerprint density at radius 1 is 0.264 bits per heavy atom. The minimum atomic E-state index is 0.577. The Morgan fingerprint density at radius 3 is 0.931 bits per heavy atom. The number of hydrogen-bond donors (Lipinski definition) is 0. The Labute approximate surface area is 522 Å². The molecule has 0 atom stereocenters. The molecule has 0 bridgehead atoms. The highest BCUT2D eigenvalue weighted by Gasteiger charge is 2.41. The van der Waals surface area contributed by atoms with Gasteiger partial charge in [0.05, 0.1) is 0 Å². The molecule has 0 amide bonds. The van der Waals surface area contributed by atoms with Crippen LogP contribution in [0.1, 0.15) is 163 Å². The third-order valence-electron chi connectivity index (χ3n) is 22.5. The largest absolute Gasteiger partial charge is 0.212 e. The van der Waals surface area contributed by atoms with Crippen molar-refractivity contribution in [3.05, 3.63) is 231 Å². The first-order valence-corrected chi connectivity index (χ1v) is 33.7. The maximum absolute atomic E-state index is 2.49. The van der Waals surface area contributed by atoms with Gasteiger partial charge >= 0.3 is 0 Å². The van der Waals surface area contributed by atoms with Crippen molar-refractivity contribution in [2.24, 2.45) is 37.4 Å². The van der Waals surface area contributed by atoms with E-state index in [0.717, 1.165) is 0 Å². The molecule has 3 heteroatoms. The fourth-order valence-electron chi connectivity index (χ4n) is 17.5. The smallest absolute Gasteiger partial charge is 0.200 e. The van der Waals surface area contributed by atoms with E-state index in [0.29, 0.717) is 16.2 Å². The van der Waals surface area contributed by atoms with Crippen LogP contribution >= 0.6 is 0 Å². The highest BCUT2D eigenvalue weighted by molar-refractivity contribution is 5.74. The fraction of sp³-hybridized carbons (Fsp3) is 0.393. The van der Waals surface area contributed by atoms with Gasteiger partial charge in [0.1, 0.15) is 21.1 Å². The molecule has 6 aliphatic carbocycles. The van der Waals surface area contributed by atoms with Gasteiger partial charge in [0.15, 0.2) is 18.6 Å². The molecule has 3 fully saturated rings. The molecule has 6 aromatic carbocycles. The maximum atomic E-state index is 2.49. The number of benzene rings is 6. The summed E-state index contributed by atoms with van der Waals surface area (Å²) in [5, 5.41) is 0. The molecule has 444 valence electrons. The molecule has 6 aliphatic rings. The van der Waals surface area contributed by atoms with Gasteiger partial charge in [0.25, 0.3) is 0 Å². The molecule has 3 nitrogen and oxygen atoms in total. The molecular weight excluding hydrogens is 1050 g/mol. The first kappa shape index (κ1) is 58.8. The van der Waals surface area contributed by atoms with Crippen molar-refractivity contribution in [2.45, 2.75) is 176 Å². The third kappa shape index (κ3) is 12.0. The normalized spacial score (nSPS) is 17.5. The average Bonchev–Trinajstić information content (AvgIpc) is 2.02. The Kier molecular flexibility index (Phi) is 16.5. The lowest BCUT2D eigenvalue weighted by molar-refractivity contribution is -0.660. The summed E-state index contributed by atoms with van der Waals surface area (Å²) in [5.74, 6) is 0. The Morgan fingerprint density at radius 2 is 0.563 bits per heavy atom. The third-order valence-corrected chi connectivity index (χ3v) is 22.5. The van der Waals surface area contributed by atoms with Gasteiger partial charge in [-0.2, -0.15) is 0 Å². The van der Waals surface area contributed by atoms with Crippen LogP contribution in [-0.2, 0) is 59.7 Å². The molecule has 0 N–H and O–H groups in total. The zero-order chi connectivity index (χ0) is 60.0. The minimum Gasteiger partial charge on any atom is -0.200 e. The lowest BCUT2D eigenvalue weighted by Gasteiger charge is -2.41. The quantitative estimate of drug-likeness (QED) is 0.147. The second-order valence-electron chi connectivity index (χ2n) is 28.7. The van der Waals surface area contributed by atoms with Gasteiger partial charge in [-0.3, -0.25) is 0 Å². The number of aromatic nitrogens is 3. The Balaban J connectivity index is 0.000000121. The molecule has 9 aromatic rings. The van der Waals surface area contributed by atoms with E-state index in [1.54, 1.807) is 33.4 Å². The summed E-state index contributed by atoms with van der Waals surface area (Å²) in [5.41, 5.74) is 35.4. The molecule has 0 saturated heterocycles. The minimum absolute atomic E-state index is 0.577. The Hall–Kier alpha value is -7.23. The summed E-state index contributed by atoms with van der Waals surface area (Å²) in [6.45, 7) is 13.3. The summed E-state index contributed by atoms with van der Waals surface area (Å²) >= 11 is 0. The van der Waals surface area contributed by atoms with Crippen molar-refractivity contribution < 1.29 is 13.7 Å². The summed E-state index contributed by atoms with van der Waals surface area (Å²) < 4.78 is 6.87. The second kappa shape index (κ2) is 24.4. The predicted octanol–water partition coefficient (Wildman–Crippen LogP) is 19.5. The summed E-state index contributed by atoms with van der Waals surface area (Å²) in [6, 6.07) is 54.9. The van der Waals surface area contributed by atoms with Crippen molar-refractivity contribution in [1.82, 2.24) is 0 Å². The first-order valence-electron chi connectivity index (χ1n) is 33.7. The number of rotatable bonds is 6. The van der Waals surface area contributed by atoms with Gasteiger partial charge in [0, 0.05) is 51.6 Å². The van der Waals surface area contributed by atoms with Gasteiger partial charge in [0.2, 0.25) is 17.1 Å². The van der Waals surface area contributed by atoms with Crippen LogP contribution in [0.4, 0.5) is 0 Å². The van der Waals surface area contributed by atoms with Crippen molar-refractivity contribution in [1.29, 1.82) is 0 Å². The Bertz CT molecular complexity index is 4040. The van der Waals surface area contributed by atoms with Gasteiger partial charge < -0.3 is 0 Å². The van der Waals surface area contributed by atoms with E-state index in [1.165, 1.54) is 235 Å². The van der Waals surface area contributed by atoms with Crippen LogP contribution in [0.2, 0.25) is 0 Å². The zero-order valence-corrected chi connectivity index (χ0v) is 54.3. The lowest BCUT2D eigenvalue weighted by Crippen LogP contribution is -2.32. The lowest BCUT2D eigenvalue weighted by atomic mass is 9.64. The summed E-state index contributed by atoms with van der Waals surface area (Å²) in [4.78, 5) is 0. The maximum Gasteiger partial charge on any atom is 0.212 e. The molecule has 0 radical (unpaired) electrons. The van der Waals surface area contributed by atoms with Gasteiger partial charge in [-0.05, 0) is 243 Å².